The zero-order valence-corrected chi connectivity index (χ0v) is 11.1. The zero-order chi connectivity index (χ0) is 11.4. The largest absolute Gasteiger partial charge is 0.379 e. The summed E-state index contributed by atoms with van der Waals surface area (Å²) in [6, 6.07) is 8.26. The monoisotopic (exact) mass is 325 g/mol. The van der Waals surface area contributed by atoms with E-state index in [-0.39, 0.29) is 0 Å². The highest BCUT2D eigenvalue weighted by Gasteiger charge is 1.99. The summed E-state index contributed by atoms with van der Waals surface area (Å²) in [4.78, 5) is 8.06. The van der Waals surface area contributed by atoms with Crippen LogP contribution in [0.1, 0.15) is 11.3 Å². The molecule has 1 heterocycles. The summed E-state index contributed by atoms with van der Waals surface area (Å²) in [5.41, 5.74) is 3.40. The van der Waals surface area contributed by atoms with Crippen molar-refractivity contribution in [1.82, 2.24) is 9.97 Å². The Bertz CT molecular complexity index is 471. The second-order valence-corrected chi connectivity index (χ2v) is 4.76. The number of nitrogens with zero attached hydrogens (tertiary/aromatic N) is 2. The second-order valence-electron chi connectivity index (χ2n) is 3.51. The fraction of sp³-hybridized carbons (Fsp3) is 0.167. The number of anilines is 1. The minimum atomic E-state index is 0.726. The van der Waals surface area contributed by atoms with Crippen LogP contribution in [0.5, 0.6) is 0 Å². The smallest absolute Gasteiger partial charge is 0.115 e. The summed E-state index contributed by atoms with van der Waals surface area (Å²) in [5, 5.41) is 3.36. The molecule has 0 unspecified atom stereocenters. The molecule has 0 fully saturated rings. The average molecular weight is 325 g/mol. The van der Waals surface area contributed by atoms with Crippen molar-refractivity contribution in [1.29, 1.82) is 0 Å². The molecule has 1 N–H and O–H groups in total. The minimum absolute atomic E-state index is 0.726. The standard InChI is InChI=1S/C12H12IN3/c1-9-6-10(13)2-3-12(9)15-7-11-4-5-14-8-16-11/h2-6,8,15H,7H2,1H3. The lowest BCUT2D eigenvalue weighted by Gasteiger charge is -2.09. The number of hydrogen-bond donors (Lipinski definition) is 1. The topological polar surface area (TPSA) is 37.8 Å². The molecule has 16 heavy (non-hydrogen) atoms. The van der Waals surface area contributed by atoms with Crippen LogP contribution in [0, 0.1) is 10.5 Å². The van der Waals surface area contributed by atoms with Gasteiger partial charge in [-0.05, 0) is 59.3 Å². The van der Waals surface area contributed by atoms with Gasteiger partial charge in [0.15, 0.2) is 0 Å². The Morgan fingerprint density at radius 3 is 2.88 bits per heavy atom. The Hall–Kier alpha value is -1.17. The van der Waals surface area contributed by atoms with Gasteiger partial charge in [-0.1, -0.05) is 0 Å². The third-order valence-corrected chi connectivity index (χ3v) is 2.96. The number of nitrogens with one attached hydrogen (secondary N) is 1. The molecule has 3 nitrogen and oxygen atoms in total. The number of hydrogen-bond acceptors (Lipinski definition) is 3. The van der Waals surface area contributed by atoms with Crippen molar-refractivity contribution in [3.8, 4) is 0 Å². The minimum Gasteiger partial charge on any atom is -0.379 e. The van der Waals surface area contributed by atoms with Crippen LogP contribution in [0.3, 0.4) is 0 Å². The summed E-state index contributed by atoms with van der Waals surface area (Å²) in [6.45, 7) is 2.83. The quantitative estimate of drug-likeness (QED) is 0.882. The van der Waals surface area contributed by atoms with Gasteiger partial charge in [0, 0.05) is 15.5 Å². The van der Waals surface area contributed by atoms with Gasteiger partial charge in [0.05, 0.1) is 12.2 Å². The van der Waals surface area contributed by atoms with Gasteiger partial charge in [0.2, 0.25) is 0 Å². The number of aryl methyl sites for hydroxylation is 1. The molecule has 0 aliphatic carbocycles. The molecule has 2 aromatic rings. The highest BCUT2D eigenvalue weighted by atomic mass is 127. The van der Waals surface area contributed by atoms with E-state index in [4.69, 9.17) is 0 Å². The Morgan fingerprint density at radius 1 is 1.31 bits per heavy atom. The summed E-state index contributed by atoms with van der Waals surface area (Å²) in [7, 11) is 0. The van der Waals surface area contributed by atoms with Gasteiger partial charge in [-0.2, -0.15) is 0 Å². The number of rotatable bonds is 3. The van der Waals surface area contributed by atoms with Crippen molar-refractivity contribution in [2.24, 2.45) is 0 Å². The molecule has 0 aliphatic heterocycles. The van der Waals surface area contributed by atoms with Crippen LogP contribution in [0.4, 0.5) is 5.69 Å². The van der Waals surface area contributed by atoms with E-state index in [1.54, 1.807) is 12.5 Å². The number of benzene rings is 1. The van der Waals surface area contributed by atoms with Gasteiger partial charge in [0.25, 0.3) is 0 Å². The number of aromatic nitrogens is 2. The van der Waals surface area contributed by atoms with Crippen LogP contribution in [-0.4, -0.2) is 9.97 Å². The van der Waals surface area contributed by atoms with E-state index < -0.39 is 0 Å². The van der Waals surface area contributed by atoms with Gasteiger partial charge in [-0.3, -0.25) is 0 Å². The molecule has 0 amide bonds. The van der Waals surface area contributed by atoms with Crippen LogP contribution in [0.15, 0.2) is 36.8 Å². The lowest BCUT2D eigenvalue weighted by molar-refractivity contribution is 1.00. The highest BCUT2D eigenvalue weighted by molar-refractivity contribution is 14.1. The van der Waals surface area contributed by atoms with Gasteiger partial charge in [0.1, 0.15) is 6.33 Å². The van der Waals surface area contributed by atoms with E-state index >= 15 is 0 Å². The third kappa shape index (κ3) is 2.91. The molecular weight excluding hydrogens is 313 g/mol. The average Bonchev–Trinajstić information content (AvgIpc) is 2.29. The molecule has 0 saturated carbocycles. The van der Waals surface area contributed by atoms with Gasteiger partial charge >= 0.3 is 0 Å². The van der Waals surface area contributed by atoms with Crippen molar-refractivity contribution in [3.63, 3.8) is 0 Å². The first kappa shape index (κ1) is 11.3. The summed E-state index contributed by atoms with van der Waals surface area (Å²) in [6.07, 6.45) is 3.32. The molecular formula is C12H12IN3. The molecule has 82 valence electrons. The molecule has 1 aromatic heterocycles. The predicted molar refractivity (Wildman–Crippen MR) is 73.3 cm³/mol. The first-order valence-corrected chi connectivity index (χ1v) is 6.08. The van der Waals surface area contributed by atoms with E-state index in [0.29, 0.717) is 0 Å². The van der Waals surface area contributed by atoms with Crippen molar-refractivity contribution in [3.05, 3.63) is 51.6 Å². The Labute approximate surface area is 108 Å². The second kappa shape index (κ2) is 5.25. The van der Waals surface area contributed by atoms with Crippen molar-refractivity contribution in [2.45, 2.75) is 13.5 Å². The van der Waals surface area contributed by atoms with Crippen LogP contribution in [0.2, 0.25) is 0 Å². The zero-order valence-electron chi connectivity index (χ0n) is 8.94. The molecule has 0 spiro atoms. The molecule has 2 rings (SSSR count). The molecule has 0 bridgehead atoms. The highest BCUT2D eigenvalue weighted by Crippen LogP contribution is 2.18. The summed E-state index contributed by atoms with van der Waals surface area (Å²) < 4.78 is 1.25. The van der Waals surface area contributed by atoms with Gasteiger partial charge < -0.3 is 5.32 Å². The Balaban J connectivity index is 2.05. The van der Waals surface area contributed by atoms with E-state index in [1.165, 1.54) is 9.13 Å². The van der Waals surface area contributed by atoms with E-state index in [0.717, 1.165) is 17.9 Å². The molecule has 0 saturated heterocycles. The normalized spacial score (nSPS) is 10.1. The van der Waals surface area contributed by atoms with Crippen LogP contribution in [-0.2, 0) is 6.54 Å². The van der Waals surface area contributed by atoms with Crippen molar-refractivity contribution < 1.29 is 0 Å². The molecule has 0 atom stereocenters. The SMILES string of the molecule is Cc1cc(I)ccc1NCc1ccncn1. The van der Waals surface area contributed by atoms with Gasteiger partial charge in [-0.25, -0.2) is 9.97 Å². The van der Waals surface area contributed by atoms with Gasteiger partial charge in [-0.15, -0.1) is 0 Å². The molecule has 1 aromatic carbocycles. The summed E-state index contributed by atoms with van der Waals surface area (Å²) in [5.74, 6) is 0. The first-order valence-electron chi connectivity index (χ1n) is 5.00. The maximum atomic E-state index is 4.17. The third-order valence-electron chi connectivity index (χ3n) is 2.29. The Morgan fingerprint density at radius 2 is 2.19 bits per heavy atom. The van der Waals surface area contributed by atoms with E-state index in [9.17, 15) is 0 Å². The fourth-order valence-corrected chi connectivity index (χ4v) is 2.08. The van der Waals surface area contributed by atoms with Crippen LogP contribution < -0.4 is 5.32 Å². The van der Waals surface area contributed by atoms with Crippen LogP contribution in [0.25, 0.3) is 0 Å². The Kier molecular flexibility index (Phi) is 3.71. The van der Waals surface area contributed by atoms with Crippen LogP contribution >= 0.6 is 22.6 Å². The summed E-state index contributed by atoms with van der Waals surface area (Å²) >= 11 is 2.31. The van der Waals surface area contributed by atoms with Crippen molar-refractivity contribution in [2.75, 3.05) is 5.32 Å². The molecule has 0 radical (unpaired) electrons. The lowest BCUT2D eigenvalue weighted by Crippen LogP contribution is -2.02. The fourth-order valence-electron chi connectivity index (χ4n) is 1.43. The lowest BCUT2D eigenvalue weighted by atomic mass is 10.2. The maximum absolute atomic E-state index is 4.17. The molecule has 4 heteroatoms. The van der Waals surface area contributed by atoms with Crippen molar-refractivity contribution >= 4 is 28.3 Å². The number of halogens is 1. The molecule has 0 aliphatic rings. The predicted octanol–water partition coefficient (Wildman–Crippen LogP) is 3.00. The first-order chi connectivity index (χ1) is 7.75. The maximum Gasteiger partial charge on any atom is 0.115 e. The van der Waals surface area contributed by atoms with E-state index in [2.05, 4.69) is 63.0 Å². The van der Waals surface area contributed by atoms with E-state index in [1.807, 2.05) is 6.07 Å².